The van der Waals surface area contributed by atoms with Crippen molar-refractivity contribution in [2.24, 2.45) is 0 Å². The standard InChI is InChI=1S/C13H12BrF3N2S/c1-8-19-10(7-20-8)4-5-18-12-3-2-9(14)6-11(12)13(15,16)17/h2-3,6-7,18H,4-5H2,1H3. The van der Waals surface area contributed by atoms with E-state index in [1.807, 2.05) is 12.3 Å². The minimum absolute atomic E-state index is 0.0904. The SMILES string of the molecule is Cc1nc(CCNc2ccc(Br)cc2C(F)(F)F)cs1. The van der Waals surface area contributed by atoms with Gasteiger partial charge in [0.25, 0.3) is 0 Å². The van der Waals surface area contributed by atoms with Crippen LogP contribution in [0.4, 0.5) is 18.9 Å². The van der Waals surface area contributed by atoms with Crippen LogP contribution in [0.1, 0.15) is 16.3 Å². The minimum Gasteiger partial charge on any atom is -0.384 e. The summed E-state index contributed by atoms with van der Waals surface area (Å²) >= 11 is 4.59. The normalized spacial score (nSPS) is 11.7. The molecule has 0 aliphatic rings. The van der Waals surface area contributed by atoms with Crippen LogP contribution in [0.2, 0.25) is 0 Å². The molecule has 2 nitrogen and oxygen atoms in total. The molecule has 1 aromatic carbocycles. The number of benzene rings is 1. The molecule has 1 N–H and O–H groups in total. The van der Waals surface area contributed by atoms with Crippen molar-refractivity contribution in [2.75, 3.05) is 11.9 Å². The van der Waals surface area contributed by atoms with Gasteiger partial charge in [0.05, 0.1) is 16.3 Å². The third-order valence-electron chi connectivity index (χ3n) is 2.65. The molecule has 108 valence electrons. The van der Waals surface area contributed by atoms with Crippen molar-refractivity contribution in [3.8, 4) is 0 Å². The van der Waals surface area contributed by atoms with Gasteiger partial charge in [-0.25, -0.2) is 4.98 Å². The number of nitrogens with zero attached hydrogens (tertiary/aromatic N) is 1. The fourth-order valence-electron chi connectivity index (χ4n) is 1.75. The smallest absolute Gasteiger partial charge is 0.384 e. The fourth-order valence-corrected chi connectivity index (χ4v) is 2.76. The number of anilines is 1. The second kappa shape index (κ2) is 6.13. The number of hydrogen-bond acceptors (Lipinski definition) is 3. The van der Waals surface area contributed by atoms with Gasteiger partial charge in [-0.05, 0) is 25.1 Å². The van der Waals surface area contributed by atoms with Crippen LogP contribution >= 0.6 is 27.3 Å². The Kier molecular flexibility index (Phi) is 4.70. The van der Waals surface area contributed by atoms with E-state index in [0.29, 0.717) is 17.4 Å². The van der Waals surface area contributed by atoms with Crippen molar-refractivity contribution in [1.82, 2.24) is 4.98 Å². The first kappa shape index (κ1) is 15.3. The second-order valence-electron chi connectivity index (χ2n) is 4.22. The van der Waals surface area contributed by atoms with E-state index in [1.165, 1.54) is 17.4 Å². The van der Waals surface area contributed by atoms with Crippen molar-refractivity contribution in [3.05, 3.63) is 44.3 Å². The topological polar surface area (TPSA) is 24.9 Å². The Labute approximate surface area is 127 Å². The lowest BCUT2D eigenvalue weighted by molar-refractivity contribution is -0.137. The Bertz CT molecular complexity index is 596. The second-order valence-corrected chi connectivity index (χ2v) is 6.20. The van der Waals surface area contributed by atoms with Crippen LogP contribution in [-0.2, 0) is 12.6 Å². The largest absolute Gasteiger partial charge is 0.418 e. The Morgan fingerprint density at radius 1 is 1.35 bits per heavy atom. The van der Waals surface area contributed by atoms with E-state index in [9.17, 15) is 13.2 Å². The molecule has 0 bridgehead atoms. The van der Waals surface area contributed by atoms with Gasteiger partial charge in [0.15, 0.2) is 0 Å². The molecule has 2 rings (SSSR count). The molecule has 0 aliphatic carbocycles. The lowest BCUT2D eigenvalue weighted by Crippen LogP contribution is -2.13. The Hall–Kier alpha value is -1.08. The van der Waals surface area contributed by atoms with Gasteiger partial charge in [0, 0.05) is 28.5 Å². The van der Waals surface area contributed by atoms with Crippen LogP contribution in [0.15, 0.2) is 28.1 Å². The van der Waals surface area contributed by atoms with Gasteiger partial charge < -0.3 is 5.32 Å². The molecule has 0 radical (unpaired) electrons. The first-order valence-corrected chi connectivity index (χ1v) is 7.55. The van der Waals surface area contributed by atoms with E-state index >= 15 is 0 Å². The molecular formula is C13H12BrF3N2S. The molecule has 1 aromatic heterocycles. The van der Waals surface area contributed by atoms with Crippen molar-refractivity contribution in [2.45, 2.75) is 19.5 Å². The summed E-state index contributed by atoms with van der Waals surface area (Å²) in [5.74, 6) is 0. The van der Waals surface area contributed by atoms with E-state index in [0.717, 1.165) is 16.8 Å². The summed E-state index contributed by atoms with van der Waals surface area (Å²) in [5, 5.41) is 5.71. The van der Waals surface area contributed by atoms with Crippen LogP contribution in [0, 0.1) is 6.92 Å². The number of nitrogens with one attached hydrogen (secondary N) is 1. The first-order chi connectivity index (χ1) is 9.36. The Morgan fingerprint density at radius 3 is 2.70 bits per heavy atom. The maximum absolute atomic E-state index is 12.9. The van der Waals surface area contributed by atoms with Gasteiger partial charge in [-0.3, -0.25) is 0 Å². The van der Waals surface area contributed by atoms with E-state index in [2.05, 4.69) is 26.2 Å². The number of thiazole rings is 1. The van der Waals surface area contributed by atoms with Gasteiger partial charge in [-0.2, -0.15) is 13.2 Å². The van der Waals surface area contributed by atoms with Crippen molar-refractivity contribution in [1.29, 1.82) is 0 Å². The zero-order valence-electron chi connectivity index (χ0n) is 10.6. The minimum atomic E-state index is -4.37. The predicted molar refractivity (Wildman–Crippen MR) is 78.2 cm³/mol. The summed E-state index contributed by atoms with van der Waals surface area (Å²) in [6.45, 7) is 2.31. The van der Waals surface area contributed by atoms with E-state index in [1.54, 1.807) is 6.07 Å². The highest BCUT2D eigenvalue weighted by atomic mass is 79.9. The quantitative estimate of drug-likeness (QED) is 0.835. The molecule has 0 saturated heterocycles. The first-order valence-electron chi connectivity index (χ1n) is 5.88. The van der Waals surface area contributed by atoms with Gasteiger partial charge in [0.2, 0.25) is 0 Å². The van der Waals surface area contributed by atoms with Gasteiger partial charge in [-0.1, -0.05) is 15.9 Å². The average molecular weight is 365 g/mol. The van der Waals surface area contributed by atoms with Crippen LogP contribution in [-0.4, -0.2) is 11.5 Å². The third-order valence-corrected chi connectivity index (χ3v) is 3.97. The molecule has 0 atom stereocenters. The van der Waals surface area contributed by atoms with Crippen molar-refractivity contribution >= 4 is 33.0 Å². The highest BCUT2D eigenvalue weighted by Gasteiger charge is 2.33. The van der Waals surface area contributed by atoms with Crippen LogP contribution < -0.4 is 5.32 Å². The number of hydrogen-bond donors (Lipinski definition) is 1. The summed E-state index contributed by atoms with van der Waals surface area (Å²) in [4.78, 5) is 4.28. The Morgan fingerprint density at radius 2 is 2.10 bits per heavy atom. The number of aromatic nitrogens is 1. The fraction of sp³-hybridized carbons (Fsp3) is 0.308. The molecular weight excluding hydrogens is 353 g/mol. The molecule has 0 fully saturated rings. The maximum atomic E-state index is 12.9. The predicted octanol–water partition coefficient (Wildman–Crippen LogP) is 4.89. The van der Waals surface area contributed by atoms with E-state index in [4.69, 9.17) is 0 Å². The summed E-state index contributed by atoms with van der Waals surface area (Å²) in [7, 11) is 0. The van der Waals surface area contributed by atoms with Gasteiger partial charge >= 0.3 is 6.18 Å². The third kappa shape index (κ3) is 3.96. The van der Waals surface area contributed by atoms with Crippen LogP contribution in [0.25, 0.3) is 0 Å². The number of alkyl halides is 3. The lowest BCUT2D eigenvalue weighted by Gasteiger charge is -2.14. The molecule has 0 spiro atoms. The highest BCUT2D eigenvalue weighted by Crippen LogP contribution is 2.36. The molecule has 0 aliphatic heterocycles. The zero-order valence-corrected chi connectivity index (χ0v) is 13.0. The lowest BCUT2D eigenvalue weighted by atomic mass is 10.1. The zero-order chi connectivity index (χ0) is 14.8. The summed E-state index contributed by atoms with van der Waals surface area (Å²) in [6.07, 6.45) is -3.78. The summed E-state index contributed by atoms with van der Waals surface area (Å²) in [5.41, 5.74) is 0.319. The summed E-state index contributed by atoms with van der Waals surface area (Å²) < 4.78 is 39.1. The molecule has 1 heterocycles. The highest BCUT2D eigenvalue weighted by molar-refractivity contribution is 9.10. The number of aryl methyl sites for hydroxylation is 1. The van der Waals surface area contributed by atoms with Crippen molar-refractivity contribution < 1.29 is 13.2 Å². The molecule has 0 saturated carbocycles. The molecule has 20 heavy (non-hydrogen) atoms. The monoisotopic (exact) mass is 364 g/mol. The van der Waals surface area contributed by atoms with E-state index < -0.39 is 11.7 Å². The molecule has 2 aromatic rings. The van der Waals surface area contributed by atoms with Gasteiger partial charge in [-0.15, -0.1) is 11.3 Å². The Balaban J connectivity index is 2.06. The maximum Gasteiger partial charge on any atom is 0.418 e. The van der Waals surface area contributed by atoms with Crippen LogP contribution in [0.5, 0.6) is 0 Å². The van der Waals surface area contributed by atoms with Gasteiger partial charge in [0.1, 0.15) is 0 Å². The summed E-state index contributed by atoms with van der Waals surface area (Å²) in [6, 6.07) is 4.10. The van der Waals surface area contributed by atoms with E-state index in [-0.39, 0.29) is 5.69 Å². The molecule has 7 heteroatoms. The van der Waals surface area contributed by atoms with Crippen LogP contribution in [0.3, 0.4) is 0 Å². The molecule has 0 unspecified atom stereocenters. The number of halogens is 4. The number of rotatable bonds is 4. The molecule has 0 amide bonds. The average Bonchev–Trinajstić information content (AvgIpc) is 2.76. The van der Waals surface area contributed by atoms with Crippen molar-refractivity contribution in [3.63, 3.8) is 0 Å².